The number of benzene rings is 1. The van der Waals surface area contributed by atoms with Gasteiger partial charge in [0.05, 0.1) is 11.6 Å². The molecular formula is C21H27FN4O3. The predicted octanol–water partition coefficient (Wildman–Crippen LogP) is 2.13. The molecule has 1 saturated heterocycles. The Labute approximate surface area is 169 Å². The minimum absolute atomic E-state index is 0.0399. The molecule has 0 radical (unpaired) electrons. The van der Waals surface area contributed by atoms with Crippen molar-refractivity contribution in [2.45, 2.75) is 26.2 Å². The number of nitrogens with zero attached hydrogens (tertiary/aromatic N) is 3. The third-order valence-electron chi connectivity index (χ3n) is 4.94. The lowest BCUT2D eigenvalue weighted by Crippen LogP contribution is -2.44. The number of ether oxygens (including phenoxy) is 1. The zero-order valence-electron chi connectivity index (χ0n) is 16.6. The van der Waals surface area contributed by atoms with Crippen LogP contribution < -0.4 is 15.8 Å². The highest BCUT2D eigenvalue weighted by molar-refractivity contribution is 5.79. The van der Waals surface area contributed by atoms with Crippen LogP contribution in [0.25, 0.3) is 5.69 Å². The highest BCUT2D eigenvalue weighted by Gasteiger charge is 2.26. The van der Waals surface area contributed by atoms with Gasteiger partial charge < -0.3 is 15.0 Å². The van der Waals surface area contributed by atoms with E-state index in [1.807, 2.05) is 11.8 Å². The van der Waals surface area contributed by atoms with Gasteiger partial charge in [-0.2, -0.15) is 4.68 Å². The Morgan fingerprint density at radius 2 is 2.07 bits per heavy atom. The zero-order chi connectivity index (χ0) is 20.6. The Bertz CT molecular complexity index is 869. The summed E-state index contributed by atoms with van der Waals surface area (Å²) in [6.07, 6.45) is 2.49. The van der Waals surface area contributed by atoms with Crippen molar-refractivity contribution in [3.05, 3.63) is 52.6 Å². The number of nitrogens with one attached hydrogen (secondary N) is 1. The third kappa shape index (κ3) is 5.63. The van der Waals surface area contributed by atoms with Crippen LogP contribution in [-0.2, 0) is 9.53 Å². The molecule has 7 nitrogen and oxygen atoms in total. The zero-order valence-corrected chi connectivity index (χ0v) is 16.6. The molecular weight excluding hydrogens is 375 g/mol. The molecule has 156 valence electrons. The first kappa shape index (κ1) is 21.0. The fraction of sp³-hybridized carbons (Fsp3) is 0.476. The Balaban J connectivity index is 1.66. The average Bonchev–Trinajstić information content (AvgIpc) is 2.74. The highest BCUT2D eigenvalue weighted by atomic mass is 19.1. The van der Waals surface area contributed by atoms with E-state index in [4.69, 9.17) is 4.74 Å². The normalized spacial score (nSPS) is 16.6. The molecule has 2 heterocycles. The summed E-state index contributed by atoms with van der Waals surface area (Å²) in [4.78, 5) is 26.7. The van der Waals surface area contributed by atoms with Crippen molar-refractivity contribution in [1.82, 2.24) is 15.1 Å². The van der Waals surface area contributed by atoms with Gasteiger partial charge in [-0.1, -0.05) is 0 Å². The summed E-state index contributed by atoms with van der Waals surface area (Å²) in [6, 6.07) is 8.74. The maximum absolute atomic E-state index is 13.2. The van der Waals surface area contributed by atoms with Crippen LogP contribution in [0.4, 0.5) is 10.2 Å². The number of rotatable bonds is 8. The Kier molecular flexibility index (Phi) is 7.35. The molecule has 1 N–H and O–H groups in total. The molecule has 29 heavy (non-hydrogen) atoms. The lowest BCUT2D eigenvalue weighted by atomic mass is 9.97. The first-order valence-electron chi connectivity index (χ1n) is 10.0. The van der Waals surface area contributed by atoms with Crippen LogP contribution in [0.3, 0.4) is 0 Å². The van der Waals surface area contributed by atoms with E-state index in [0.29, 0.717) is 37.8 Å². The lowest BCUT2D eigenvalue weighted by Gasteiger charge is -2.33. The highest BCUT2D eigenvalue weighted by Crippen LogP contribution is 2.21. The number of piperidine rings is 1. The topological polar surface area (TPSA) is 76.5 Å². The van der Waals surface area contributed by atoms with Crippen LogP contribution >= 0.6 is 0 Å². The molecule has 0 aliphatic carbocycles. The number of aromatic nitrogens is 2. The maximum atomic E-state index is 13.2. The fourth-order valence-corrected chi connectivity index (χ4v) is 3.41. The van der Waals surface area contributed by atoms with Gasteiger partial charge in [-0.05, 0) is 56.5 Å². The second-order valence-corrected chi connectivity index (χ2v) is 7.04. The van der Waals surface area contributed by atoms with Gasteiger partial charge in [0.15, 0.2) is 0 Å². The molecule has 0 saturated carbocycles. The summed E-state index contributed by atoms with van der Waals surface area (Å²) < 4.78 is 19.7. The molecule has 1 amide bonds. The quantitative estimate of drug-likeness (QED) is 0.685. The van der Waals surface area contributed by atoms with Crippen LogP contribution in [0, 0.1) is 11.7 Å². The van der Waals surface area contributed by atoms with Crippen molar-refractivity contribution < 1.29 is 13.9 Å². The van der Waals surface area contributed by atoms with Crippen molar-refractivity contribution >= 4 is 11.7 Å². The Hall–Kier alpha value is -2.74. The van der Waals surface area contributed by atoms with E-state index in [1.165, 1.54) is 35.0 Å². The summed E-state index contributed by atoms with van der Waals surface area (Å²) >= 11 is 0. The summed E-state index contributed by atoms with van der Waals surface area (Å²) in [5.74, 6) is 0.175. The predicted molar refractivity (Wildman–Crippen MR) is 109 cm³/mol. The maximum Gasteiger partial charge on any atom is 0.271 e. The van der Waals surface area contributed by atoms with Gasteiger partial charge in [0, 0.05) is 38.9 Å². The Morgan fingerprint density at radius 3 is 2.83 bits per heavy atom. The molecule has 0 unspecified atom stereocenters. The van der Waals surface area contributed by atoms with Crippen molar-refractivity contribution in [3.8, 4) is 5.69 Å². The smallest absolute Gasteiger partial charge is 0.271 e. The van der Waals surface area contributed by atoms with Gasteiger partial charge in [0.25, 0.3) is 5.56 Å². The third-order valence-corrected chi connectivity index (χ3v) is 4.94. The van der Waals surface area contributed by atoms with E-state index >= 15 is 0 Å². The number of carbonyl (C=O) groups excluding carboxylic acids is 1. The van der Waals surface area contributed by atoms with Gasteiger partial charge in [0.2, 0.25) is 5.91 Å². The minimum atomic E-state index is -0.371. The monoisotopic (exact) mass is 402 g/mol. The van der Waals surface area contributed by atoms with Crippen LogP contribution in [0.1, 0.15) is 26.2 Å². The number of hydrogen-bond acceptors (Lipinski definition) is 5. The first-order chi connectivity index (χ1) is 14.1. The average molecular weight is 402 g/mol. The van der Waals surface area contributed by atoms with Crippen molar-refractivity contribution in [3.63, 3.8) is 0 Å². The number of hydrogen-bond donors (Lipinski definition) is 1. The second-order valence-electron chi connectivity index (χ2n) is 7.04. The summed E-state index contributed by atoms with van der Waals surface area (Å²) in [5, 5.41) is 7.42. The summed E-state index contributed by atoms with van der Waals surface area (Å²) in [6.45, 7) is 5.18. The first-order valence-corrected chi connectivity index (χ1v) is 10.0. The second kappa shape index (κ2) is 10.2. The molecule has 3 rings (SSSR count). The molecule has 0 bridgehead atoms. The van der Waals surface area contributed by atoms with E-state index in [9.17, 15) is 14.0 Å². The molecule has 8 heteroatoms. The SMILES string of the molecule is CCOCCCNC(=O)[C@H]1CCCN(c2ccc(=O)n(-c3ccc(F)cc3)n2)C1. The standard InChI is InChI=1S/C21H27FN4O3/c1-2-29-14-4-12-23-21(28)16-5-3-13-25(15-16)19-10-11-20(27)26(24-19)18-8-6-17(22)7-9-18/h6-11,16H,2-5,12-15H2,1H3,(H,23,28)/t16-/m0/s1. The summed E-state index contributed by atoms with van der Waals surface area (Å²) in [5.41, 5.74) is 0.208. The molecule has 0 spiro atoms. The molecule has 1 aromatic carbocycles. The van der Waals surface area contributed by atoms with Crippen molar-refractivity contribution in [2.24, 2.45) is 5.92 Å². The van der Waals surface area contributed by atoms with Gasteiger partial charge in [0.1, 0.15) is 11.6 Å². The fourth-order valence-electron chi connectivity index (χ4n) is 3.41. The number of amides is 1. The van der Waals surface area contributed by atoms with E-state index in [1.54, 1.807) is 6.07 Å². The van der Waals surface area contributed by atoms with Crippen LogP contribution in [-0.4, -0.2) is 48.5 Å². The van der Waals surface area contributed by atoms with Gasteiger partial charge in [-0.15, -0.1) is 5.10 Å². The van der Waals surface area contributed by atoms with Crippen LogP contribution in [0.2, 0.25) is 0 Å². The van der Waals surface area contributed by atoms with E-state index in [0.717, 1.165) is 25.8 Å². The number of anilines is 1. The molecule has 1 atom stereocenters. The molecule has 1 aliphatic rings. The summed E-state index contributed by atoms with van der Waals surface area (Å²) in [7, 11) is 0. The molecule has 1 aliphatic heterocycles. The van der Waals surface area contributed by atoms with E-state index in [-0.39, 0.29) is 23.2 Å². The molecule has 1 aromatic heterocycles. The number of halogens is 1. The number of carbonyl (C=O) groups is 1. The van der Waals surface area contributed by atoms with E-state index in [2.05, 4.69) is 10.4 Å². The molecule has 1 fully saturated rings. The van der Waals surface area contributed by atoms with Crippen LogP contribution in [0.15, 0.2) is 41.2 Å². The lowest BCUT2D eigenvalue weighted by molar-refractivity contribution is -0.125. The Morgan fingerprint density at radius 1 is 1.28 bits per heavy atom. The van der Waals surface area contributed by atoms with Crippen LogP contribution in [0.5, 0.6) is 0 Å². The van der Waals surface area contributed by atoms with Gasteiger partial charge in [-0.3, -0.25) is 9.59 Å². The van der Waals surface area contributed by atoms with Crippen molar-refractivity contribution in [2.75, 3.05) is 37.7 Å². The minimum Gasteiger partial charge on any atom is -0.382 e. The van der Waals surface area contributed by atoms with Gasteiger partial charge >= 0.3 is 0 Å². The van der Waals surface area contributed by atoms with E-state index < -0.39 is 0 Å². The van der Waals surface area contributed by atoms with Gasteiger partial charge in [-0.25, -0.2) is 4.39 Å². The largest absolute Gasteiger partial charge is 0.382 e. The molecule has 2 aromatic rings. The van der Waals surface area contributed by atoms with Crippen molar-refractivity contribution in [1.29, 1.82) is 0 Å².